The molecule has 1 aromatic carbocycles. The van der Waals surface area contributed by atoms with Crippen LogP contribution in [0.3, 0.4) is 0 Å². The molecule has 0 fully saturated rings. The van der Waals surface area contributed by atoms with E-state index in [0.29, 0.717) is 16.8 Å². The summed E-state index contributed by atoms with van der Waals surface area (Å²) in [5, 5.41) is 1.83. The van der Waals surface area contributed by atoms with Gasteiger partial charge in [-0.15, -0.1) is 0 Å². The van der Waals surface area contributed by atoms with Gasteiger partial charge in [-0.25, -0.2) is 4.79 Å². The quantitative estimate of drug-likeness (QED) is 0.569. The summed E-state index contributed by atoms with van der Waals surface area (Å²) in [6, 6.07) is 3.75. The van der Waals surface area contributed by atoms with E-state index in [2.05, 4.69) is 27.9 Å². The lowest BCUT2D eigenvalue weighted by molar-refractivity contribution is -0.137. The average molecular weight is 399 g/mol. The highest BCUT2D eigenvalue weighted by Gasteiger charge is 2.23. The number of hydrogen-bond acceptors (Lipinski definition) is 4. The van der Waals surface area contributed by atoms with Gasteiger partial charge in [-0.1, -0.05) is 11.6 Å². The highest BCUT2D eigenvalue weighted by atomic mass is 79.9. The number of hydrogen-bond donors (Lipinski definition) is 0. The minimum atomic E-state index is -0.402. The minimum absolute atomic E-state index is 0.331. The molecule has 2 aromatic rings. The van der Waals surface area contributed by atoms with E-state index < -0.39 is 5.97 Å². The van der Waals surface area contributed by atoms with E-state index in [1.54, 1.807) is 13.0 Å². The van der Waals surface area contributed by atoms with Gasteiger partial charge in [0, 0.05) is 35.1 Å². The number of benzene rings is 1. The van der Waals surface area contributed by atoms with Crippen molar-refractivity contribution >= 4 is 50.5 Å². The summed E-state index contributed by atoms with van der Waals surface area (Å²) in [7, 11) is 2.06. The van der Waals surface area contributed by atoms with Gasteiger partial charge in [0.15, 0.2) is 0 Å². The smallest absolute Gasteiger partial charge is 0.345 e. The molecule has 1 aliphatic heterocycles. The Hall–Kier alpha value is -1.30. The Morgan fingerprint density at radius 2 is 2.26 bits per heavy atom. The maximum atomic E-state index is 11.8. The molecular formula is C17H17BrClNO3. The summed E-state index contributed by atoms with van der Waals surface area (Å²) in [4.78, 5) is 14.0. The summed E-state index contributed by atoms with van der Waals surface area (Å²) in [5.41, 5.74) is 2.96. The van der Waals surface area contributed by atoms with Crippen molar-refractivity contribution in [1.82, 2.24) is 4.90 Å². The Kier molecular flexibility index (Phi) is 4.80. The highest BCUT2D eigenvalue weighted by Crippen LogP contribution is 2.37. The van der Waals surface area contributed by atoms with Crippen molar-refractivity contribution in [3.63, 3.8) is 0 Å². The van der Waals surface area contributed by atoms with Gasteiger partial charge < -0.3 is 14.1 Å². The molecule has 0 amide bonds. The number of rotatable bonds is 3. The van der Waals surface area contributed by atoms with Gasteiger partial charge >= 0.3 is 5.97 Å². The summed E-state index contributed by atoms with van der Waals surface area (Å²) in [6.07, 6.45) is 2.56. The van der Waals surface area contributed by atoms with E-state index in [4.69, 9.17) is 20.8 Å². The van der Waals surface area contributed by atoms with Crippen molar-refractivity contribution < 1.29 is 13.9 Å². The zero-order valence-electron chi connectivity index (χ0n) is 13.0. The zero-order valence-corrected chi connectivity index (χ0v) is 15.3. The molecule has 4 nitrogen and oxygen atoms in total. The first-order valence-electron chi connectivity index (χ1n) is 7.47. The van der Waals surface area contributed by atoms with Crippen LogP contribution in [0.2, 0.25) is 5.02 Å². The Balaban J connectivity index is 2.15. The van der Waals surface area contributed by atoms with Gasteiger partial charge in [0.25, 0.3) is 0 Å². The van der Waals surface area contributed by atoms with Gasteiger partial charge in [-0.05, 0) is 54.0 Å². The van der Waals surface area contributed by atoms with E-state index >= 15 is 0 Å². The van der Waals surface area contributed by atoms with Crippen LogP contribution in [-0.4, -0.2) is 31.1 Å². The van der Waals surface area contributed by atoms with E-state index in [1.807, 2.05) is 12.1 Å². The number of carbonyl (C=O) groups excluding carboxylic acids is 1. The van der Waals surface area contributed by atoms with Crippen molar-refractivity contribution in [1.29, 1.82) is 0 Å². The van der Waals surface area contributed by atoms with E-state index in [-0.39, 0.29) is 0 Å². The predicted octanol–water partition coefficient (Wildman–Crippen LogP) is 4.37. The highest BCUT2D eigenvalue weighted by molar-refractivity contribution is 9.12. The number of nitrogens with zero attached hydrogens (tertiary/aromatic N) is 1. The third-order valence-electron chi connectivity index (χ3n) is 3.94. The van der Waals surface area contributed by atoms with Gasteiger partial charge in [-0.2, -0.15) is 0 Å². The number of likely N-dealkylation sites (N-methyl/N-ethyl adjacent to an activating group) is 1. The second-order valence-corrected chi connectivity index (χ2v) is 6.81. The van der Waals surface area contributed by atoms with Crippen LogP contribution in [0.5, 0.6) is 0 Å². The van der Waals surface area contributed by atoms with Gasteiger partial charge in [0.05, 0.1) is 6.61 Å². The zero-order chi connectivity index (χ0) is 16.6. The van der Waals surface area contributed by atoms with Gasteiger partial charge in [-0.3, -0.25) is 0 Å². The number of ether oxygens (including phenoxy) is 1. The third kappa shape index (κ3) is 3.18. The van der Waals surface area contributed by atoms with Gasteiger partial charge in [0.2, 0.25) is 0 Å². The molecule has 1 aliphatic rings. The Morgan fingerprint density at radius 3 is 3.00 bits per heavy atom. The Labute approximate surface area is 148 Å². The fourth-order valence-corrected chi connectivity index (χ4v) is 3.44. The molecule has 6 heteroatoms. The van der Waals surface area contributed by atoms with Crippen molar-refractivity contribution in [2.75, 3.05) is 20.2 Å². The van der Waals surface area contributed by atoms with Crippen LogP contribution in [0.15, 0.2) is 21.0 Å². The predicted molar refractivity (Wildman–Crippen MR) is 94.8 cm³/mol. The third-order valence-corrected chi connectivity index (χ3v) is 4.84. The van der Waals surface area contributed by atoms with E-state index in [0.717, 1.165) is 46.6 Å². The fraction of sp³-hybridized carbons (Fsp3) is 0.353. The first-order chi connectivity index (χ1) is 11.0. The first kappa shape index (κ1) is 16.6. The number of esters is 1. The molecule has 0 bridgehead atoms. The van der Waals surface area contributed by atoms with Crippen molar-refractivity contribution in [2.24, 2.45) is 0 Å². The SMILES string of the molecule is CCOC(=O)C(Br)=Cc1oc2ccc(Cl)c3c2c1CN(C)CC3. The van der Waals surface area contributed by atoms with Crippen LogP contribution >= 0.6 is 27.5 Å². The second kappa shape index (κ2) is 6.67. The Bertz CT molecular complexity index is 797. The normalized spacial score (nSPS) is 15.7. The minimum Gasteiger partial charge on any atom is -0.462 e. The fourth-order valence-electron chi connectivity index (χ4n) is 2.86. The van der Waals surface area contributed by atoms with Crippen molar-refractivity contribution in [3.05, 3.63) is 38.5 Å². The van der Waals surface area contributed by atoms with Crippen LogP contribution in [0.25, 0.3) is 17.0 Å². The molecule has 0 unspecified atom stereocenters. The molecule has 23 heavy (non-hydrogen) atoms. The van der Waals surface area contributed by atoms with Crippen molar-refractivity contribution in [3.8, 4) is 0 Å². The monoisotopic (exact) mass is 397 g/mol. The van der Waals surface area contributed by atoms with Crippen LogP contribution in [-0.2, 0) is 22.5 Å². The van der Waals surface area contributed by atoms with Crippen molar-refractivity contribution in [2.45, 2.75) is 19.9 Å². The number of furan rings is 1. The molecule has 0 radical (unpaired) electrons. The molecule has 1 aromatic heterocycles. The lowest BCUT2D eigenvalue weighted by Gasteiger charge is -2.13. The van der Waals surface area contributed by atoms with Crippen LogP contribution in [0.1, 0.15) is 23.8 Å². The second-order valence-electron chi connectivity index (χ2n) is 5.54. The standard InChI is InChI=1S/C17H17BrClNO3/c1-3-22-17(21)12(18)8-15-11-9-20(2)7-6-10-13(19)4-5-14(23-15)16(10)11/h4-5,8H,3,6-7,9H2,1-2H3. The summed E-state index contributed by atoms with van der Waals surface area (Å²) in [5.74, 6) is 0.262. The van der Waals surface area contributed by atoms with E-state index in [9.17, 15) is 4.79 Å². The lowest BCUT2D eigenvalue weighted by Crippen LogP contribution is -2.18. The molecular weight excluding hydrogens is 382 g/mol. The molecule has 0 spiro atoms. The molecule has 0 saturated heterocycles. The lowest BCUT2D eigenvalue weighted by atomic mass is 10.0. The molecule has 3 rings (SSSR count). The summed E-state index contributed by atoms with van der Waals surface area (Å²) < 4.78 is 11.3. The number of carbonyl (C=O) groups is 1. The molecule has 0 aliphatic carbocycles. The maximum Gasteiger partial charge on any atom is 0.345 e. The average Bonchev–Trinajstić information content (AvgIpc) is 2.73. The molecule has 122 valence electrons. The largest absolute Gasteiger partial charge is 0.462 e. The summed E-state index contributed by atoms with van der Waals surface area (Å²) in [6.45, 7) is 3.78. The molecule has 0 N–H and O–H groups in total. The molecule has 0 atom stereocenters. The molecule has 2 heterocycles. The summed E-state index contributed by atoms with van der Waals surface area (Å²) >= 11 is 9.65. The maximum absolute atomic E-state index is 11.8. The van der Waals surface area contributed by atoms with Crippen LogP contribution in [0.4, 0.5) is 0 Å². The van der Waals surface area contributed by atoms with Gasteiger partial charge in [0.1, 0.15) is 15.8 Å². The van der Waals surface area contributed by atoms with Crippen LogP contribution < -0.4 is 0 Å². The molecule has 0 saturated carbocycles. The Morgan fingerprint density at radius 1 is 1.48 bits per heavy atom. The van der Waals surface area contributed by atoms with E-state index in [1.165, 1.54) is 0 Å². The topological polar surface area (TPSA) is 42.7 Å². The number of halogens is 2. The first-order valence-corrected chi connectivity index (χ1v) is 8.64. The van der Waals surface area contributed by atoms with Crippen LogP contribution in [0, 0.1) is 0 Å².